The van der Waals surface area contributed by atoms with Crippen LogP contribution in [0.3, 0.4) is 0 Å². The Kier molecular flexibility index (Phi) is 7.93. The van der Waals surface area contributed by atoms with E-state index in [1.165, 1.54) is 19.7 Å². The zero-order valence-electron chi connectivity index (χ0n) is 17.9. The molecule has 1 saturated carbocycles. The van der Waals surface area contributed by atoms with E-state index in [1.807, 2.05) is 0 Å². The molecule has 1 aromatic carbocycles. The van der Waals surface area contributed by atoms with Crippen molar-refractivity contribution in [3.63, 3.8) is 0 Å². The predicted molar refractivity (Wildman–Crippen MR) is 116 cm³/mol. The van der Waals surface area contributed by atoms with E-state index >= 15 is 0 Å². The Labute approximate surface area is 183 Å². The van der Waals surface area contributed by atoms with Gasteiger partial charge in [-0.2, -0.15) is 12.7 Å². The fourth-order valence-corrected chi connectivity index (χ4v) is 4.81. The molecule has 2 unspecified atom stereocenters. The van der Waals surface area contributed by atoms with Gasteiger partial charge in [-0.15, -0.1) is 0 Å². The van der Waals surface area contributed by atoms with Gasteiger partial charge in [0.2, 0.25) is 0 Å². The highest BCUT2D eigenvalue weighted by molar-refractivity contribution is 7.87. The lowest BCUT2D eigenvalue weighted by Gasteiger charge is -2.40. The van der Waals surface area contributed by atoms with Gasteiger partial charge in [0.15, 0.2) is 0 Å². The molecule has 1 fully saturated rings. The lowest BCUT2D eigenvalue weighted by Crippen LogP contribution is -2.39. The topological polar surface area (TPSA) is 75.7 Å². The average Bonchev–Trinajstić information content (AvgIpc) is 2.62. The van der Waals surface area contributed by atoms with Crippen molar-refractivity contribution in [1.29, 1.82) is 0 Å². The largest absolute Gasteiger partial charge is 0.492 e. The number of halogens is 2. The average molecular weight is 461 g/mol. The summed E-state index contributed by atoms with van der Waals surface area (Å²) >= 11 is 6.17. The van der Waals surface area contributed by atoms with Crippen molar-refractivity contribution in [3.05, 3.63) is 40.7 Å². The predicted octanol–water partition coefficient (Wildman–Crippen LogP) is 4.56. The quantitative estimate of drug-likeness (QED) is 0.577. The number of carbonyl (C=O) groups is 1. The second kappa shape index (κ2) is 9.66. The maximum Gasteiger partial charge on any atom is 0.303 e. The third-order valence-corrected chi connectivity index (χ3v) is 7.35. The van der Waals surface area contributed by atoms with Crippen LogP contribution in [0.2, 0.25) is 5.02 Å². The molecule has 1 aromatic rings. The van der Waals surface area contributed by atoms with Crippen LogP contribution in [-0.2, 0) is 10.2 Å². The van der Waals surface area contributed by atoms with E-state index < -0.39 is 27.5 Å². The van der Waals surface area contributed by atoms with Crippen molar-refractivity contribution in [2.45, 2.75) is 46.0 Å². The molecule has 0 aliphatic heterocycles. The summed E-state index contributed by atoms with van der Waals surface area (Å²) in [5, 5.41) is 0.0378. The van der Waals surface area contributed by atoms with Crippen LogP contribution in [0.25, 0.3) is 0 Å². The molecule has 0 bridgehead atoms. The minimum Gasteiger partial charge on any atom is -0.492 e. The fourth-order valence-electron chi connectivity index (χ4n) is 4.07. The molecule has 0 aromatic heterocycles. The van der Waals surface area contributed by atoms with E-state index in [-0.39, 0.29) is 16.2 Å². The summed E-state index contributed by atoms with van der Waals surface area (Å²) in [4.78, 5) is 12.1. The Morgan fingerprint density at radius 1 is 1.43 bits per heavy atom. The lowest BCUT2D eigenvalue weighted by atomic mass is 9.65. The Balaban J connectivity index is 2.09. The monoisotopic (exact) mass is 460 g/mol. The van der Waals surface area contributed by atoms with Gasteiger partial charge in [0.25, 0.3) is 5.91 Å². The number of hydrogen-bond acceptors (Lipinski definition) is 4. The maximum absolute atomic E-state index is 14.5. The van der Waals surface area contributed by atoms with E-state index in [1.54, 1.807) is 4.72 Å². The third kappa shape index (κ3) is 5.95. The van der Waals surface area contributed by atoms with Crippen LogP contribution in [0.5, 0.6) is 5.75 Å². The van der Waals surface area contributed by atoms with E-state index in [9.17, 15) is 17.6 Å². The molecule has 1 aliphatic rings. The van der Waals surface area contributed by atoms with Gasteiger partial charge in [0.05, 0.1) is 17.2 Å². The molecule has 9 heteroatoms. The summed E-state index contributed by atoms with van der Waals surface area (Å²) in [6, 6.07) is 2.09. The molecule has 1 amide bonds. The summed E-state index contributed by atoms with van der Waals surface area (Å²) in [5.74, 6) is -1.32. The second-order valence-electron chi connectivity index (χ2n) is 8.37. The zero-order chi connectivity index (χ0) is 22.7. The summed E-state index contributed by atoms with van der Waals surface area (Å²) < 4.78 is 46.3. The molecular weight excluding hydrogens is 431 g/mol. The van der Waals surface area contributed by atoms with Crippen molar-refractivity contribution in [2.24, 2.45) is 11.3 Å². The minimum atomic E-state index is -4.05. The number of hydrogen-bond donors (Lipinski definition) is 1. The van der Waals surface area contributed by atoms with E-state index in [0.29, 0.717) is 12.5 Å². The molecule has 168 valence electrons. The Bertz CT molecular complexity index is 920. The van der Waals surface area contributed by atoms with Crippen molar-refractivity contribution < 1.29 is 22.3 Å². The Morgan fingerprint density at radius 3 is 2.67 bits per heavy atom. The summed E-state index contributed by atoms with van der Waals surface area (Å²) in [6.45, 7) is 8.91. The standard InChI is InChI=1S/C21H30ClFN2O4S/c1-6-21(12-14(2)9-15(3)13-21)7-8-29-19-11-18(23)16(10-17(19)22)20(26)24-30(27,28)25(4)5/h10-11,15H,2,6-9,12-13H2,1,3-5H3,(H,24,26). The number of nitrogens with one attached hydrogen (secondary N) is 1. The first-order chi connectivity index (χ1) is 13.9. The van der Waals surface area contributed by atoms with Crippen LogP contribution >= 0.6 is 11.6 Å². The van der Waals surface area contributed by atoms with Gasteiger partial charge in [-0.3, -0.25) is 4.79 Å². The van der Waals surface area contributed by atoms with E-state index in [4.69, 9.17) is 16.3 Å². The summed E-state index contributed by atoms with van der Waals surface area (Å²) in [7, 11) is -1.54. The molecule has 0 heterocycles. The number of allylic oxidation sites excluding steroid dienone is 1. The number of nitrogens with zero attached hydrogens (tertiary/aromatic N) is 1. The van der Waals surface area contributed by atoms with Gasteiger partial charge in [-0.25, -0.2) is 9.11 Å². The van der Waals surface area contributed by atoms with Crippen LogP contribution in [-0.4, -0.2) is 39.3 Å². The number of ether oxygens (including phenoxy) is 1. The first-order valence-electron chi connectivity index (χ1n) is 9.92. The molecule has 0 spiro atoms. The van der Waals surface area contributed by atoms with Gasteiger partial charge in [-0.1, -0.05) is 44.0 Å². The van der Waals surface area contributed by atoms with Crippen molar-refractivity contribution in [1.82, 2.24) is 9.03 Å². The number of benzene rings is 1. The summed E-state index contributed by atoms with van der Waals surface area (Å²) in [5.41, 5.74) is 0.892. The van der Waals surface area contributed by atoms with Crippen LogP contribution in [0.4, 0.5) is 4.39 Å². The molecule has 0 radical (unpaired) electrons. The molecule has 2 rings (SSSR count). The van der Waals surface area contributed by atoms with Gasteiger partial charge in [-0.05, 0) is 43.1 Å². The number of amides is 1. The highest BCUT2D eigenvalue weighted by Gasteiger charge is 2.34. The third-order valence-electron chi connectivity index (χ3n) is 5.65. The Morgan fingerprint density at radius 2 is 2.10 bits per heavy atom. The van der Waals surface area contributed by atoms with Crippen LogP contribution in [0, 0.1) is 17.2 Å². The SMILES string of the molecule is C=C1CC(C)CC(CC)(CCOc2cc(F)c(C(=O)NS(=O)(=O)N(C)C)cc2Cl)C1. The Hall–Kier alpha value is -1.64. The summed E-state index contributed by atoms with van der Waals surface area (Å²) in [6.07, 6.45) is 4.88. The highest BCUT2D eigenvalue weighted by atomic mass is 35.5. The first-order valence-corrected chi connectivity index (χ1v) is 11.7. The molecular formula is C21H30ClFN2O4S. The van der Waals surface area contributed by atoms with Crippen LogP contribution in [0.15, 0.2) is 24.3 Å². The normalized spacial score (nSPS) is 22.2. The fraction of sp³-hybridized carbons (Fsp3) is 0.571. The smallest absolute Gasteiger partial charge is 0.303 e. The number of rotatable bonds is 8. The van der Waals surface area contributed by atoms with Crippen LogP contribution < -0.4 is 9.46 Å². The van der Waals surface area contributed by atoms with Gasteiger partial charge in [0.1, 0.15) is 11.6 Å². The maximum atomic E-state index is 14.5. The highest BCUT2D eigenvalue weighted by Crippen LogP contribution is 2.46. The lowest BCUT2D eigenvalue weighted by molar-refractivity contribution is 0.0975. The molecule has 0 saturated heterocycles. The van der Waals surface area contributed by atoms with E-state index in [2.05, 4.69) is 20.4 Å². The second-order valence-corrected chi connectivity index (χ2v) is 10.7. The minimum absolute atomic E-state index is 0.0378. The number of carbonyl (C=O) groups excluding carboxylic acids is 1. The van der Waals surface area contributed by atoms with Crippen LogP contribution in [0.1, 0.15) is 56.3 Å². The zero-order valence-corrected chi connectivity index (χ0v) is 19.5. The van der Waals surface area contributed by atoms with Crippen molar-refractivity contribution in [3.8, 4) is 5.75 Å². The van der Waals surface area contributed by atoms with Crippen molar-refractivity contribution >= 4 is 27.7 Å². The van der Waals surface area contributed by atoms with Gasteiger partial charge >= 0.3 is 10.2 Å². The molecule has 30 heavy (non-hydrogen) atoms. The molecule has 1 aliphatic carbocycles. The van der Waals surface area contributed by atoms with Gasteiger partial charge in [0, 0.05) is 20.2 Å². The van der Waals surface area contributed by atoms with E-state index in [0.717, 1.165) is 48.5 Å². The first kappa shape index (κ1) is 24.6. The van der Waals surface area contributed by atoms with Gasteiger partial charge < -0.3 is 4.74 Å². The molecule has 1 N–H and O–H groups in total. The molecule has 6 nitrogen and oxygen atoms in total. The molecule has 2 atom stereocenters. The van der Waals surface area contributed by atoms with Crippen molar-refractivity contribution in [2.75, 3.05) is 20.7 Å².